The number of rotatable bonds is 4. The van der Waals surface area contributed by atoms with Crippen molar-refractivity contribution in [2.75, 3.05) is 13.2 Å². The van der Waals surface area contributed by atoms with Crippen molar-refractivity contribution in [2.24, 2.45) is 5.41 Å². The van der Waals surface area contributed by atoms with Crippen molar-refractivity contribution < 1.29 is 44.6 Å². The van der Waals surface area contributed by atoms with Crippen LogP contribution in [0, 0.1) is 5.41 Å². The van der Waals surface area contributed by atoms with Crippen molar-refractivity contribution in [3.63, 3.8) is 0 Å². The van der Waals surface area contributed by atoms with Gasteiger partial charge in [-0.05, 0) is 11.6 Å². The third-order valence-corrected chi connectivity index (χ3v) is 6.49. The van der Waals surface area contributed by atoms with Crippen LogP contribution in [0.4, 0.5) is 0 Å². The molecule has 2 heterocycles. The van der Waals surface area contributed by atoms with Gasteiger partial charge in [0.25, 0.3) is 5.91 Å². The third-order valence-electron chi connectivity index (χ3n) is 5.10. The Bertz CT molecular complexity index is 732. The zero-order valence-corrected chi connectivity index (χ0v) is 16.0. The topological polar surface area (TPSA) is 166 Å². The highest BCUT2D eigenvalue weighted by Crippen LogP contribution is 2.48. The van der Waals surface area contributed by atoms with Gasteiger partial charge in [-0.3, -0.25) is 9.59 Å². The number of carbonyl (C=O) groups excluding carboxylic acids is 2. The van der Waals surface area contributed by atoms with Crippen LogP contribution < -0.4 is 5.32 Å². The number of ether oxygens (including phenoxy) is 2. The molecule has 3 aliphatic rings. The summed E-state index contributed by atoms with van der Waals surface area (Å²) in [5.41, 5.74) is -1.49. The Morgan fingerprint density at radius 3 is 2.50 bits per heavy atom. The molecule has 28 heavy (non-hydrogen) atoms. The molecule has 6 N–H and O–H groups in total. The minimum atomic E-state index is -1.57. The zero-order chi connectivity index (χ0) is 20.8. The fraction of sp³-hybridized carbons (Fsp3) is 0.647. The van der Waals surface area contributed by atoms with E-state index >= 15 is 0 Å². The number of carbonyl (C=O) groups is 2. The summed E-state index contributed by atoms with van der Waals surface area (Å²) >= 11 is 0.879. The fourth-order valence-corrected chi connectivity index (χ4v) is 4.34. The summed E-state index contributed by atoms with van der Waals surface area (Å²) in [5.74, 6) is -1.11. The first-order valence-corrected chi connectivity index (χ1v) is 9.53. The van der Waals surface area contributed by atoms with Crippen molar-refractivity contribution in [1.82, 2.24) is 5.32 Å². The van der Waals surface area contributed by atoms with Gasteiger partial charge in [0.05, 0.1) is 18.9 Å². The molecule has 1 amide bonds. The molecule has 6 atom stereocenters. The van der Waals surface area contributed by atoms with E-state index < -0.39 is 59.9 Å². The van der Waals surface area contributed by atoms with Crippen LogP contribution in [-0.2, 0) is 19.1 Å². The maximum Gasteiger partial charge on any atom is 0.264 e. The Labute approximate surface area is 164 Å². The summed E-state index contributed by atoms with van der Waals surface area (Å²) in [6, 6.07) is 0. The minimum Gasteiger partial charge on any atom is -0.394 e. The molecular weight excluding hydrogens is 394 g/mol. The van der Waals surface area contributed by atoms with Gasteiger partial charge in [0.2, 0.25) is 5.78 Å². The highest BCUT2D eigenvalue weighted by Gasteiger charge is 2.46. The van der Waals surface area contributed by atoms with Crippen LogP contribution in [0.3, 0.4) is 0 Å². The second kappa shape index (κ2) is 7.84. The largest absolute Gasteiger partial charge is 0.394 e. The van der Waals surface area contributed by atoms with E-state index in [-0.39, 0.29) is 12.3 Å². The highest BCUT2D eigenvalue weighted by atomic mass is 32.2. The molecule has 1 aliphatic carbocycles. The van der Waals surface area contributed by atoms with E-state index in [4.69, 9.17) is 9.47 Å². The molecule has 156 valence electrons. The number of allylic oxidation sites excluding steroid dienone is 2. The molecule has 0 bridgehead atoms. The Hall–Kier alpha value is -1.31. The van der Waals surface area contributed by atoms with E-state index in [9.17, 15) is 35.1 Å². The molecule has 0 radical (unpaired) electrons. The molecule has 11 heteroatoms. The standard InChI is InChI=1S/C17H23NO9S/c1-17(2)6(3-7(20)9-13(17)28-15(25)14(24)18-9)5-26-16-12(23)11(22)10(21)8(4-19)27-16/h3,8,10-12,15-16,19,21-23,25H,4-5H2,1-2H3,(H,18,24). The molecule has 3 rings (SSSR count). The van der Waals surface area contributed by atoms with Gasteiger partial charge in [-0.1, -0.05) is 25.6 Å². The first-order valence-electron chi connectivity index (χ1n) is 8.65. The monoisotopic (exact) mass is 417 g/mol. The molecular formula is C17H23NO9S. The Morgan fingerprint density at radius 2 is 1.86 bits per heavy atom. The maximum absolute atomic E-state index is 12.4. The van der Waals surface area contributed by atoms with Gasteiger partial charge in [0, 0.05) is 10.3 Å². The van der Waals surface area contributed by atoms with Crippen LogP contribution in [0.15, 0.2) is 22.3 Å². The van der Waals surface area contributed by atoms with Crippen molar-refractivity contribution in [3.05, 3.63) is 22.3 Å². The lowest BCUT2D eigenvalue weighted by atomic mass is 9.78. The molecule has 1 fully saturated rings. The quantitative estimate of drug-likeness (QED) is 0.294. The van der Waals surface area contributed by atoms with E-state index in [0.717, 1.165) is 11.8 Å². The van der Waals surface area contributed by atoms with Crippen molar-refractivity contribution >= 4 is 23.5 Å². The van der Waals surface area contributed by atoms with E-state index in [1.165, 1.54) is 6.08 Å². The Morgan fingerprint density at radius 1 is 1.18 bits per heavy atom. The number of hydrogen-bond donors (Lipinski definition) is 6. The molecule has 2 aliphatic heterocycles. The summed E-state index contributed by atoms with van der Waals surface area (Å²) in [4.78, 5) is 24.5. The average Bonchev–Trinajstić information content (AvgIpc) is 2.65. The van der Waals surface area contributed by atoms with Gasteiger partial charge < -0.3 is 40.3 Å². The average molecular weight is 417 g/mol. The van der Waals surface area contributed by atoms with Gasteiger partial charge in [-0.25, -0.2) is 0 Å². The number of aliphatic hydroxyl groups is 5. The molecule has 6 unspecified atom stereocenters. The van der Waals surface area contributed by atoms with E-state index in [0.29, 0.717) is 10.5 Å². The smallest absolute Gasteiger partial charge is 0.264 e. The number of amides is 1. The fourth-order valence-electron chi connectivity index (χ4n) is 3.25. The van der Waals surface area contributed by atoms with Gasteiger partial charge in [-0.15, -0.1) is 0 Å². The lowest BCUT2D eigenvalue weighted by Gasteiger charge is -2.41. The molecule has 0 aromatic carbocycles. The van der Waals surface area contributed by atoms with Crippen LogP contribution in [0.1, 0.15) is 13.8 Å². The zero-order valence-electron chi connectivity index (χ0n) is 15.2. The molecule has 10 nitrogen and oxygen atoms in total. The van der Waals surface area contributed by atoms with Crippen LogP contribution >= 0.6 is 11.8 Å². The number of hydrogen-bond acceptors (Lipinski definition) is 10. The number of ketones is 1. The second-order valence-corrected chi connectivity index (χ2v) is 8.42. The predicted molar refractivity (Wildman–Crippen MR) is 95.4 cm³/mol. The van der Waals surface area contributed by atoms with E-state index in [2.05, 4.69) is 5.32 Å². The summed E-state index contributed by atoms with van der Waals surface area (Å²) in [6.07, 6.45) is -5.75. The summed E-state index contributed by atoms with van der Waals surface area (Å²) in [5, 5.41) is 51.2. The van der Waals surface area contributed by atoms with Crippen LogP contribution in [0.2, 0.25) is 0 Å². The van der Waals surface area contributed by atoms with Gasteiger partial charge in [0.1, 0.15) is 24.4 Å². The van der Waals surface area contributed by atoms with E-state index in [1.807, 2.05) is 0 Å². The first kappa shape index (κ1) is 21.4. The predicted octanol–water partition coefficient (Wildman–Crippen LogP) is -2.27. The Kier molecular flexibility index (Phi) is 5.99. The van der Waals surface area contributed by atoms with Crippen molar-refractivity contribution in [3.8, 4) is 0 Å². The minimum absolute atomic E-state index is 0.113. The SMILES string of the molecule is CC1(C)C(COC2OC(CO)C(O)C(O)C2O)=CC(=O)C2=C1SC(O)C(=O)N2. The lowest BCUT2D eigenvalue weighted by molar-refractivity contribution is -0.299. The number of aliphatic hydroxyl groups excluding tert-OH is 5. The third kappa shape index (κ3) is 3.64. The first-order chi connectivity index (χ1) is 13.1. The van der Waals surface area contributed by atoms with Crippen LogP contribution in [0.5, 0.6) is 0 Å². The summed E-state index contributed by atoms with van der Waals surface area (Å²) in [7, 11) is 0. The van der Waals surface area contributed by atoms with Gasteiger partial charge >= 0.3 is 0 Å². The molecule has 0 aromatic rings. The van der Waals surface area contributed by atoms with Crippen molar-refractivity contribution in [1.29, 1.82) is 0 Å². The van der Waals surface area contributed by atoms with Crippen molar-refractivity contribution in [2.45, 2.75) is 50.0 Å². The Balaban J connectivity index is 1.75. The summed E-state index contributed by atoms with van der Waals surface area (Å²) in [6.45, 7) is 2.83. The number of nitrogens with one attached hydrogen (secondary N) is 1. The van der Waals surface area contributed by atoms with Gasteiger partial charge in [0.15, 0.2) is 11.7 Å². The lowest BCUT2D eigenvalue weighted by Crippen LogP contribution is -2.59. The second-order valence-electron chi connectivity index (χ2n) is 7.33. The van der Waals surface area contributed by atoms with Crippen LogP contribution in [0.25, 0.3) is 0 Å². The molecule has 0 spiro atoms. The molecule has 1 saturated heterocycles. The van der Waals surface area contributed by atoms with Crippen LogP contribution in [-0.4, -0.2) is 86.6 Å². The van der Waals surface area contributed by atoms with Gasteiger partial charge in [-0.2, -0.15) is 0 Å². The maximum atomic E-state index is 12.4. The normalized spacial score (nSPS) is 38.0. The number of thioether (sulfide) groups is 1. The van der Waals surface area contributed by atoms with E-state index in [1.54, 1.807) is 13.8 Å². The highest BCUT2D eigenvalue weighted by molar-refractivity contribution is 8.04. The molecule has 0 saturated carbocycles. The summed E-state index contributed by atoms with van der Waals surface area (Å²) < 4.78 is 10.8. The molecule has 0 aromatic heterocycles.